The van der Waals surface area contributed by atoms with Crippen molar-refractivity contribution < 1.29 is 4.39 Å². The van der Waals surface area contributed by atoms with Gasteiger partial charge < -0.3 is 15.2 Å². The lowest BCUT2D eigenvalue weighted by Crippen LogP contribution is -2.50. The Morgan fingerprint density at radius 3 is 2.74 bits per heavy atom. The number of aromatic amines is 1. The average Bonchev–Trinajstić information content (AvgIpc) is 3.36. The number of pyridine rings is 2. The zero-order chi connectivity index (χ0) is 21.9. The third kappa shape index (κ3) is 3.00. The van der Waals surface area contributed by atoms with Crippen molar-refractivity contribution in [1.82, 2.24) is 29.9 Å². The molecule has 1 fully saturated rings. The van der Waals surface area contributed by atoms with Gasteiger partial charge in [-0.3, -0.25) is 0 Å². The van der Waals surface area contributed by atoms with Gasteiger partial charge in [0.25, 0.3) is 0 Å². The van der Waals surface area contributed by atoms with E-state index < -0.39 is 0 Å². The molecule has 0 saturated carbocycles. The molecule has 162 valence electrons. The molecule has 0 spiro atoms. The van der Waals surface area contributed by atoms with Gasteiger partial charge in [-0.05, 0) is 43.4 Å². The lowest BCUT2D eigenvalue weighted by atomic mass is 9.94. The Labute approximate surface area is 180 Å². The summed E-state index contributed by atoms with van der Waals surface area (Å²) in [6, 6.07) is 0.189. The van der Waals surface area contributed by atoms with Gasteiger partial charge in [0.1, 0.15) is 6.33 Å². The second kappa shape index (κ2) is 7.30. The molecule has 1 aliphatic heterocycles. The van der Waals surface area contributed by atoms with E-state index in [0.29, 0.717) is 11.2 Å². The fourth-order valence-electron chi connectivity index (χ4n) is 4.76. The third-order valence-electron chi connectivity index (χ3n) is 6.55. The summed E-state index contributed by atoms with van der Waals surface area (Å²) in [5, 5.41) is 8.32. The Morgan fingerprint density at radius 1 is 1.19 bits per heavy atom. The topological polar surface area (TPSA) is 74.1 Å². The molecule has 1 atom stereocenters. The van der Waals surface area contributed by atoms with Crippen LogP contribution in [-0.2, 0) is 0 Å². The first-order valence-corrected chi connectivity index (χ1v) is 10.9. The van der Waals surface area contributed by atoms with Crippen LogP contribution < -0.4 is 10.2 Å². The third-order valence-corrected chi connectivity index (χ3v) is 6.55. The number of H-pyrrole nitrogens is 1. The van der Waals surface area contributed by atoms with Crippen LogP contribution in [0.25, 0.3) is 27.8 Å². The molecule has 0 radical (unpaired) electrons. The summed E-state index contributed by atoms with van der Waals surface area (Å²) in [4.78, 5) is 14.4. The van der Waals surface area contributed by atoms with E-state index in [1.54, 1.807) is 17.0 Å². The van der Waals surface area contributed by atoms with Crippen LogP contribution in [0.3, 0.4) is 0 Å². The van der Waals surface area contributed by atoms with Crippen molar-refractivity contribution in [2.24, 2.45) is 0 Å². The van der Waals surface area contributed by atoms with Crippen molar-refractivity contribution in [3.8, 4) is 11.3 Å². The van der Waals surface area contributed by atoms with Crippen LogP contribution >= 0.6 is 0 Å². The van der Waals surface area contributed by atoms with Gasteiger partial charge in [-0.2, -0.15) is 5.10 Å². The van der Waals surface area contributed by atoms with Gasteiger partial charge in [-0.25, -0.2) is 18.9 Å². The van der Waals surface area contributed by atoms with Crippen molar-refractivity contribution in [1.29, 1.82) is 0 Å². The molecule has 1 unspecified atom stereocenters. The number of hydrogen-bond donors (Lipinski definition) is 2. The number of aryl methyl sites for hydroxylation is 1. The van der Waals surface area contributed by atoms with E-state index in [1.807, 2.05) is 13.1 Å². The monoisotopic (exact) mass is 421 g/mol. The summed E-state index contributed by atoms with van der Waals surface area (Å²) >= 11 is 0. The van der Waals surface area contributed by atoms with E-state index in [0.717, 1.165) is 58.7 Å². The number of hydrogen-bond acceptors (Lipinski definition) is 5. The van der Waals surface area contributed by atoms with Gasteiger partial charge in [-0.1, -0.05) is 13.8 Å². The lowest BCUT2D eigenvalue weighted by molar-refractivity contribution is 0.487. The van der Waals surface area contributed by atoms with Crippen molar-refractivity contribution in [2.45, 2.75) is 46.6 Å². The molecule has 0 aliphatic carbocycles. The minimum absolute atomic E-state index is 0.125. The van der Waals surface area contributed by atoms with Crippen LogP contribution in [0.2, 0.25) is 0 Å². The number of rotatable bonds is 3. The number of piperazine rings is 1. The summed E-state index contributed by atoms with van der Waals surface area (Å²) in [5.74, 6) is 0.322. The first-order valence-electron chi connectivity index (χ1n) is 10.9. The van der Waals surface area contributed by atoms with Crippen LogP contribution in [0.1, 0.15) is 43.4 Å². The van der Waals surface area contributed by atoms with Crippen LogP contribution in [0.4, 0.5) is 10.2 Å². The Kier molecular flexibility index (Phi) is 4.69. The van der Waals surface area contributed by atoms with Crippen molar-refractivity contribution in [2.75, 3.05) is 24.5 Å². The Morgan fingerprint density at radius 2 is 2.00 bits per heavy atom. The number of nitrogens with one attached hydrogen (secondary N) is 2. The van der Waals surface area contributed by atoms with E-state index in [-0.39, 0.29) is 17.8 Å². The van der Waals surface area contributed by atoms with Crippen molar-refractivity contribution in [3.63, 3.8) is 0 Å². The van der Waals surface area contributed by atoms with Crippen LogP contribution in [0, 0.1) is 19.7 Å². The van der Waals surface area contributed by atoms with E-state index in [2.05, 4.69) is 58.0 Å². The molecular weight excluding hydrogens is 393 g/mol. The smallest absolute Gasteiger partial charge is 0.175 e. The predicted molar refractivity (Wildman–Crippen MR) is 121 cm³/mol. The zero-order valence-electron chi connectivity index (χ0n) is 18.6. The predicted octanol–water partition coefficient (Wildman–Crippen LogP) is 3.95. The maximum absolute atomic E-state index is 16.0. The number of anilines is 1. The highest BCUT2D eigenvalue weighted by atomic mass is 19.1. The highest BCUT2D eigenvalue weighted by molar-refractivity contribution is 5.94. The van der Waals surface area contributed by atoms with Gasteiger partial charge in [0.2, 0.25) is 0 Å². The molecule has 4 aromatic heterocycles. The largest absolute Gasteiger partial charge is 0.353 e. The molecule has 31 heavy (non-hydrogen) atoms. The summed E-state index contributed by atoms with van der Waals surface area (Å²) < 4.78 is 17.8. The number of aromatic nitrogens is 5. The molecule has 8 heteroatoms. The molecule has 5 heterocycles. The standard InChI is InChI=1S/C23H28FN7/c1-12(2)18-19-17(9-26-23(20(19)24)30-7-6-25-8-13(30)3)29-21(18)16-10-31-22(27-11-28-31)15(5)14(16)4/h9-13,25,29H,6-8H2,1-5H3. The molecule has 0 aromatic carbocycles. The number of nitrogens with zero attached hydrogens (tertiary/aromatic N) is 5. The Bertz CT molecular complexity index is 1290. The van der Waals surface area contributed by atoms with Crippen LogP contribution in [0.15, 0.2) is 18.7 Å². The average molecular weight is 422 g/mol. The van der Waals surface area contributed by atoms with Crippen LogP contribution in [0.5, 0.6) is 0 Å². The molecule has 4 aromatic rings. The second-order valence-corrected chi connectivity index (χ2v) is 8.82. The van der Waals surface area contributed by atoms with Crippen LogP contribution in [-0.4, -0.2) is 50.2 Å². The van der Waals surface area contributed by atoms with E-state index >= 15 is 4.39 Å². The van der Waals surface area contributed by atoms with E-state index in [1.165, 1.54) is 0 Å². The van der Waals surface area contributed by atoms with Gasteiger partial charge in [0.05, 0.1) is 17.4 Å². The first kappa shape index (κ1) is 19.9. The highest BCUT2D eigenvalue weighted by Gasteiger charge is 2.27. The Hall–Kier alpha value is -3.00. The summed E-state index contributed by atoms with van der Waals surface area (Å²) in [6.45, 7) is 12.8. The van der Waals surface area contributed by atoms with E-state index in [9.17, 15) is 0 Å². The van der Waals surface area contributed by atoms with Crippen molar-refractivity contribution in [3.05, 3.63) is 41.2 Å². The summed E-state index contributed by atoms with van der Waals surface area (Å²) in [5.41, 5.74) is 6.64. The molecule has 0 amide bonds. The minimum atomic E-state index is -0.242. The van der Waals surface area contributed by atoms with Gasteiger partial charge in [0, 0.05) is 42.8 Å². The second-order valence-electron chi connectivity index (χ2n) is 8.82. The van der Waals surface area contributed by atoms with Gasteiger partial charge in [0.15, 0.2) is 17.3 Å². The molecule has 0 bridgehead atoms. The quantitative estimate of drug-likeness (QED) is 0.524. The number of fused-ring (bicyclic) bond motifs is 2. The summed E-state index contributed by atoms with van der Waals surface area (Å²) in [6.07, 6.45) is 5.31. The van der Waals surface area contributed by atoms with Crippen molar-refractivity contribution >= 4 is 22.4 Å². The first-order chi connectivity index (χ1) is 14.9. The minimum Gasteiger partial charge on any atom is -0.353 e. The SMILES string of the molecule is Cc1c(-c2[nH]c3cnc(N4CCNCC4C)c(F)c3c2C(C)C)cn2ncnc2c1C. The highest BCUT2D eigenvalue weighted by Crippen LogP contribution is 2.40. The maximum Gasteiger partial charge on any atom is 0.175 e. The Balaban J connectivity index is 1.76. The fraction of sp³-hybridized carbons (Fsp3) is 0.435. The summed E-state index contributed by atoms with van der Waals surface area (Å²) in [7, 11) is 0. The molecule has 7 nitrogen and oxygen atoms in total. The maximum atomic E-state index is 16.0. The van der Waals surface area contributed by atoms with Gasteiger partial charge in [-0.15, -0.1) is 0 Å². The molecule has 5 rings (SSSR count). The molecule has 1 saturated heterocycles. The molecule has 2 N–H and O–H groups in total. The van der Waals surface area contributed by atoms with E-state index in [4.69, 9.17) is 0 Å². The fourth-order valence-corrected chi connectivity index (χ4v) is 4.76. The lowest BCUT2D eigenvalue weighted by Gasteiger charge is -2.35. The number of halogens is 1. The molecular formula is C23H28FN7. The van der Waals surface area contributed by atoms with Gasteiger partial charge >= 0.3 is 0 Å². The molecule has 1 aliphatic rings. The zero-order valence-corrected chi connectivity index (χ0v) is 18.6. The normalized spacial score (nSPS) is 17.4.